The van der Waals surface area contributed by atoms with Crippen molar-refractivity contribution < 1.29 is 9.59 Å². The van der Waals surface area contributed by atoms with Gasteiger partial charge in [-0.05, 0) is 18.8 Å². The normalized spacial score (nSPS) is 24.8. The average molecular weight is 239 g/mol. The van der Waals surface area contributed by atoms with Crippen LogP contribution < -0.4 is 5.32 Å². The molecular formula is C12H21N3O2. The molecule has 1 spiro atoms. The van der Waals surface area contributed by atoms with Crippen molar-refractivity contribution in [3.8, 4) is 0 Å². The highest BCUT2D eigenvalue weighted by atomic mass is 16.2. The maximum atomic E-state index is 12.0. The van der Waals surface area contributed by atoms with Crippen molar-refractivity contribution in [2.45, 2.75) is 32.2 Å². The minimum absolute atomic E-state index is 0.0632. The minimum atomic E-state index is -0.612. The molecule has 0 aromatic heterocycles. The molecule has 0 radical (unpaired) electrons. The molecule has 17 heavy (non-hydrogen) atoms. The number of piperidine rings is 1. The molecule has 0 aromatic carbocycles. The molecule has 2 aliphatic heterocycles. The first-order valence-corrected chi connectivity index (χ1v) is 6.27. The number of nitrogens with one attached hydrogen (secondary N) is 1. The van der Waals surface area contributed by atoms with Crippen LogP contribution in [-0.4, -0.2) is 54.0 Å². The molecule has 0 bridgehead atoms. The molecule has 2 heterocycles. The van der Waals surface area contributed by atoms with Gasteiger partial charge in [0, 0.05) is 26.7 Å². The second kappa shape index (κ2) is 4.29. The van der Waals surface area contributed by atoms with Crippen LogP contribution in [0.25, 0.3) is 0 Å². The van der Waals surface area contributed by atoms with Crippen LogP contribution in [0.15, 0.2) is 0 Å². The second-order valence-corrected chi connectivity index (χ2v) is 5.57. The SMILES string of the molecule is CC(C)CN1CCC2(CC1)NC(=O)N(C)C2=O. The first kappa shape index (κ1) is 12.4. The molecule has 0 unspecified atom stereocenters. The first-order chi connectivity index (χ1) is 7.94. The Labute approximate surface area is 102 Å². The Kier molecular flexibility index (Phi) is 3.12. The van der Waals surface area contributed by atoms with Crippen molar-refractivity contribution in [2.24, 2.45) is 5.92 Å². The number of rotatable bonds is 2. The lowest BCUT2D eigenvalue weighted by atomic mass is 9.87. The second-order valence-electron chi connectivity index (χ2n) is 5.57. The molecular weight excluding hydrogens is 218 g/mol. The number of urea groups is 1. The lowest BCUT2D eigenvalue weighted by Crippen LogP contribution is -2.55. The highest BCUT2D eigenvalue weighted by Gasteiger charge is 2.50. The molecule has 2 fully saturated rings. The van der Waals surface area contributed by atoms with E-state index in [1.54, 1.807) is 7.05 Å². The molecule has 5 nitrogen and oxygen atoms in total. The van der Waals surface area contributed by atoms with Crippen LogP contribution in [0.4, 0.5) is 4.79 Å². The van der Waals surface area contributed by atoms with Gasteiger partial charge in [-0.3, -0.25) is 9.69 Å². The molecule has 96 valence electrons. The standard InChI is InChI=1S/C12H21N3O2/c1-9(2)8-15-6-4-12(5-7-15)10(16)14(3)11(17)13-12/h9H,4-8H2,1-3H3,(H,13,17). The highest BCUT2D eigenvalue weighted by Crippen LogP contribution is 2.28. The van der Waals surface area contributed by atoms with Gasteiger partial charge < -0.3 is 10.2 Å². The number of nitrogens with zero attached hydrogens (tertiary/aromatic N) is 2. The third kappa shape index (κ3) is 2.16. The molecule has 2 rings (SSSR count). The molecule has 3 amide bonds. The van der Waals surface area contributed by atoms with E-state index in [0.29, 0.717) is 5.92 Å². The summed E-state index contributed by atoms with van der Waals surface area (Å²) >= 11 is 0. The van der Waals surface area contributed by atoms with Crippen LogP contribution in [-0.2, 0) is 4.79 Å². The van der Waals surface area contributed by atoms with Gasteiger partial charge in [-0.2, -0.15) is 0 Å². The highest BCUT2D eigenvalue weighted by molar-refractivity contribution is 6.06. The summed E-state index contributed by atoms with van der Waals surface area (Å²) in [7, 11) is 1.55. The predicted octanol–water partition coefficient (Wildman–Crippen LogP) is 0.659. The van der Waals surface area contributed by atoms with E-state index < -0.39 is 5.54 Å². The van der Waals surface area contributed by atoms with Gasteiger partial charge in [0.2, 0.25) is 0 Å². The molecule has 0 aliphatic carbocycles. The molecule has 5 heteroatoms. The summed E-state index contributed by atoms with van der Waals surface area (Å²) in [5.74, 6) is 0.576. The van der Waals surface area contributed by atoms with E-state index in [-0.39, 0.29) is 11.9 Å². The Morgan fingerprint density at radius 3 is 2.29 bits per heavy atom. The molecule has 0 atom stereocenters. The number of likely N-dealkylation sites (tertiary alicyclic amines) is 1. The van der Waals surface area contributed by atoms with Gasteiger partial charge in [-0.1, -0.05) is 13.8 Å². The number of amides is 3. The Bertz CT molecular complexity index is 333. The van der Waals surface area contributed by atoms with Crippen LogP contribution >= 0.6 is 0 Å². The maximum absolute atomic E-state index is 12.0. The number of carbonyl (C=O) groups is 2. The zero-order chi connectivity index (χ0) is 12.6. The number of likely N-dealkylation sites (N-methyl/N-ethyl adjacent to an activating group) is 1. The quantitative estimate of drug-likeness (QED) is 0.720. The molecule has 0 saturated carbocycles. The fraction of sp³-hybridized carbons (Fsp3) is 0.833. The topological polar surface area (TPSA) is 52.7 Å². The van der Waals surface area contributed by atoms with Gasteiger partial charge in [0.05, 0.1) is 0 Å². The zero-order valence-corrected chi connectivity index (χ0v) is 10.8. The van der Waals surface area contributed by atoms with Gasteiger partial charge in [0.1, 0.15) is 5.54 Å². The van der Waals surface area contributed by atoms with Crippen LogP contribution in [0.1, 0.15) is 26.7 Å². The maximum Gasteiger partial charge on any atom is 0.324 e. The predicted molar refractivity (Wildman–Crippen MR) is 64.5 cm³/mol. The number of hydrogen-bond acceptors (Lipinski definition) is 3. The summed E-state index contributed by atoms with van der Waals surface area (Å²) in [6.07, 6.45) is 1.46. The Balaban J connectivity index is 1.99. The summed E-state index contributed by atoms with van der Waals surface area (Å²) in [6.45, 7) is 7.23. The lowest BCUT2D eigenvalue weighted by Gasteiger charge is -2.37. The average Bonchev–Trinajstić information content (AvgIpc) is 2.47. The van der Waals surface area contributed by atoms with Crippen LogP contribution in [0.2, 0.25) is 0 Å². The van der Waals surface area contributed by atoms with E-state index in [4.69, 9.17) is 0 Å². The van der Waals surface area contributed by atoms with Crippen LogP contribution in [0, 0.1) is 5.92 Å². The Morgan fingerprint density at radius 1 is 1.29 bits per heavy atom. The summed E-state index contributed by atoms with van der Waals surface area (Å²) in [5.41, 5.74) is -0.612. The summed E-state index contributed by atoms with van der Waals surface area (Å²) in [4.78, 5) is 27.1. The summed E-state index contributed by atoms with van der Waals surface area (Å²) in [5, 5.41) is 2.85. The first-order valence-electron chi connectivity index (χ1n) is 6.27. The lowest BCUT2D eigenvalue weighted by molar-refractivity contribution is -0.132. The van der Waals surface area contributed by atoms with E-state index in [2.05, 4.69) is 24.1 Å². The zero-order valence-electron chi connectivity index (χ0n) is 10.8. The van der Waals surface area contributed by atoms with Gasteiger partial charge in [-0.15, -0.1) is 0 Å². The van der Waals surface area contributed by atoms with Crippen LogP contribution in [0.5, 0.6) is 0 Å². The minimum Gasteiger partial charge on any atom is -0.323 e. The van der Waals surface area contributed by atoms with Crippen molar-refractivity contribution >= 4 is 11.9 Å². The smallest absolute Gasteiger partial charge is 0.323 e. The summed E-state index contributed by atoms with van der Waals surface area (Å²) in [6, 6.07) is -0.257. The largest absolute Gasteiger partial charge is 0.324 e. The third-order valence-corrected chi connectivity index (χ3v) is 3.70. The van der Waals surface area contributed by atoms with Crippen molar-refractivity contribution in [1.29, 1.82) is 0 Å². The fourth-order valence-corrected chi connectivity index (χ4v) is 2.73. The Hall–Kier alpha value is -1.10. The van der Waals surface area contributed by atoms with Gasteiger partial charge in [0.15, 0.2) is 0 Å². The van der Waals surface area contributed by atoms with E-state index in [0.717, 1.165) is 32.5 Å². The van der Waals surface area contributed by atoms with E-state index >= 15 is 0 Å². The Morgan fingerprint density at radius 2 is 1.88 bits per heavy atom. The molecule has 0 aromatic rings. The van der Waals surface area contributed by atoms with E-state index in [1.807, 2.05) is 0 Å². The van der Waals surface area contributed by atoms with E-state index in [1.165, 1.54) is 4.90 Å². The molecule has 1 N–H and O–H groups in total. The number of carbonyl (C=O) groups excluding carboxylic acids is 2. The van der Waals surface area contributed by atoms with Gasteiger partial charge >= 0.3 is 6.03 Å². The number of imide groups is 1. The van der Waals surface area contributed by atoms with Crippen molar-refractivity contribution in [3.05, 3.63) is 0 Å². The van der Waals surface area contributed by atoms with E-state index in [9.17, 15) is 9.59 Å². The monoisotopic (exact) mass is 239 g/mol. The van der Waals surface area contributed by atoms with Gasteiger partial charge in [0.25, 0.3) is 5.91 Å². The van der Waals surface area contributed by atoms with Crippen molar-refractivity contribution in [2.75, 3.05) is 26.7 Å². The summed E-state index contributed by atoms with van der Waals surface area (Å²) < 4.78 is 0. The number of hydrogen-bond donors (Lipinski definition) is 1. The molecule has 2 saturated heterocycles. The van der Waals surface area contributed by atoms with Gasteiger partial charge in [-0.25, -0.2) is 4.79 Å². The third-order valence-electron chi connectivity index (χ3n) is 3.70. The van der Waals surface area contributed by atoms with Crippen molar-refractivity contribution in [3.63, 3.8) is 0 Å². The van der Waals surface area contributed by atoms with Crippen LogP contribution in [0.3, 0.4) is 0 Å². The van der Waals surface area contributed by atoms with Crippen molar-refractivity contribution in [1.82, 2.24) is 15.1 Å². The molecule has 2 aliphatic rings. The fourth-order valence-electron chi connectivity index (χ4n) is 2.73.